The lowest BCUT2D eigenvalue weighted by Gasteiger charge is -2.25. The van der Waals surface area contributed by atoms with Gasteiger partial charge in [-0.15, -0.1) is 0 Å². The normalized spacial score (nSPS) is 11.4. The van der Waals surface area contributed by atoms with Gasteiger partial charge in [0.15, 0.2) is 0 Å². The maximum atomic E-state index is 11.9. The van der Waals surface area contributed by atoms with Gasteiger partial charge in [0.2, 0.25) is 5.91 Å². The summed E-state index contributed by atoms with van der Waals surface area (Å²) in [5.41, 5.74) is 0.287. The molecule has 0 aromatic heterocycles. The highest BCUT2D eigenvalue weighted by molar-refractivity contribution is 9.10. The molecule has 100 valence electrons. The van der Waals surface area contributed by atoms with Crippen molar-refractivity contribution in [2.75, 3.05) is 13.6 Å². The van der Waals surface area contributed by atoms with Crippen molar-refractivity contribution < 1.29 is 9.90 Å². The first-order valence-corrected chi connectivity index (χ1v) is 6.78. The molecule has 1 aromatic carbocycles. The zero-order valence-electron chi connectivity index (χ0n) is 11.1. The van der Waals surface area contributed by atoms with E-state index in [0.717, 1.165) is 10.0 Å². The lowest BCUT2D eigenvalue weighted by atomic mass is 10.1. The predicted octanol–water partition coefficient (Wildman–Crippen LogP) is 2.61. The topological polar surface area (TPSA) is 40.5 Å². The average molecular weight is 314 g/mol. The molecule has 0 saturated carbocycles. The molecular formula is C14H20BrNO2. The largest absolute Gasteiger partial charge is 0.389 e. The van der Waals surface area contributed by atoms with Crippen molar-refractivity contribution in [3.05, 3.63) is 34.3 Å². The first-order valence-electron chi connectivity index (χ1n) is 5.99. The lowest BCUT2D eigenvalue weighted by molar-refractivity contribution is -0.132. The lowest BCUT2D eigenvalue weighted by Crippen LogP contribution is -2.39. The molecule has 4 heteroatoms. The van der Waals surface area contributed by atoms with Gasteiger partial charge >= 0.3 is 0 Å². The number of halogens is 1. The SMILES string of the molecule is CN(CC(C)(C)O)C(=O)CCc1cccc(Br)c1. The Labute approximate surface area is 117 Å². The van der Waals surface area contributed by atoms with Crippen molar-refractivity contribution in [1.82, 2.24) is 4.90 Å². The molecule has 1 N–H and O–H groups in total. The minimum Gasteiger partial charge on any atom is -0.389 e. The van der Waals surface area contributed by atoms with Crippen molar-refractivity contribution in [2.45, 2.75) is 32.3 Å². The molecule has 0 fully saturated rings. The number of hydrogen-bond donors (Lipinski definition) is 1. The van der Waals surface area contributed by atoms with Crippen LogP contribution in [-0.4, -0.2) is 35.1 Å². The standard InChI is InChI=1S/C14H20BrNO2/c1-14(2,18)10-16(3)13(17)8-7-11-5-4-6-12(15)9-11/h4-6,9,18H,7-8,10H2,1-3H3. The highest BCUT2D eigenvalue weighted by atomic mass is 79.9. The van der Waals surface area contributed by atoms with Crippen LogP contribution in [0, 0.1) is 0 Å². The number of hydrogen-bond acceptors (Lipinski definition) is 2. The summed E-state index contributed by atoms with van der Waals surface area (Å²) in [7, 11) is 1.72. The summed E-state index contributed by atoms with van der Waals surface area (Å²) in [5.74, 6) is 0.0529. The summed E-state index contributed by atoms with van der Waals surface area (Å²) in [6.45, 7) is 3.75. The summed E-state index contributed by atoms with van der Waals surface area (Å²) >= 11 is 3.41. The van der Waals surface area contributed by atoms with E-state index in [1.54, 1.807) is 25.8 Å². The summed E-state index contributed by atoms with van der Waals surface area (Å²) < 4.78 is 1.03. The molecule has 1 amide bonds. The van der Waals surface area contributed by atoms with Crippen LogP contribution < -0.4 is 0 Å². The molecule has 0 heterocycles. The number of carbonyl (C=O) groups is 1. The molecule has 1 aromatic rings. The van der Waals surface area contributed by atoms with E-state index in [1.807, 2.05) is 24.3 Å². The van der Waals surface area contributed by atoms with Gasteiger partial charge in [0.25, 0.3) is 0 Å². The van der Waals surface area contributed by atoms with E-state index in [2.05, 4.69) is 15.9 Å². The van der Waals surface area contributed by atoms with E-state index in [0.29, 0.717) is 19.4 Å². The first-order chi connectivity index (χ1) is 8.28. The molecule has 0 spiro atoms. The van der Waals surface area contributed by atoms with E-state index in [9.17, 15) is 9.90 Å². The molecule has 0 atom stereocenters. The first kappa shape index (κ1) is 15.2. The van der Waals surface area contributed by atoms with Gasteiger partial charge in [-0.1, -0.05) is 28.1 Å². The predicted molar refractivity (Wildman–Crippen MR) is 76.4 cm³/mol. The zero-order chi connectivity index (χ0) is 13.8. The van der Waals surface area contributed by atoms with E-state index in [4.69, 9.17) is 0 Å². The number of carbonyl (C=O) groups excluding carboxylic acids is 1. The van der Waals surface area contributed by atoms with Gasteiger partial charge in [-0.25, -0.2) is 0 Å². The molecular weight excluding hydrogens is 294 g/mol. The molecule has 0 unspecified atom stereocenters. The van der Waals surface area contributed by atoms with Crippen LogP contribution in [0.5, 0.6) is 0 Å². The fourth-order valence-electron chi connectivity index (χ4n) is 1.80. The van der Waals surface area contributed by atoms with Crippen LogP contribution in [-0.2, 0) is 11.2 Å². The molecule has 0 radical (unpaired) electrons. The van der Waals surface area contributed by atoms with Crippen LogP contribution >= 0.6 is 15.9 Å². The Morgan fingerprint density at radius 2 is 2.11 bits per heavy atom. The number of aryl methyl sites for hydroxylation is 1. The van der Waals surface area contributed by atoms with E-state index in [1.165, 1.54) is 0 Å². The van der Waals surface area contributed by atoms with Crippen molar-refractivity contribution >= 4 is 21.8 Å². The second-order valence-electron chi connectivity index (χ2n) is 5.19. The number of likely N-dealkylation sites (N-methyl/N-ethyl adjacent to an activating group) is 1. The third-order valence-corrected chi connectivity index (χ3v) is 3.06. The second-order valence-corrected chi connectivity index (χ2v) is 6.11. The van der Waals surface area contributed by atoms with Gasteiger partial charge in [-0.3, -0.25) is 4.79 Å². The smallest absolute Gasteiger partial charge is 0.222 e. The Morgan fingerprint density at radius 3 is 2.67 bits per heavy atom. The molecule has 3 nitrogen and oxygen atoms in total. The number of amides is 1. The number of rotatable bonds is 5. The number of benzene rings is 1. The van der Waals surface area contributed by atoms with E-state index in [-0.39, 0.29) is 5.91 Å². The molecule has 0 aliphatic heterocycles. The minimum atomic E-state index is -0.847. The van der Waals surface area contributed by atoms with Gasteiger partial charge < -0.3 is 10.0 Å². The Bertz CT molecular complexity index is 413. The second kappa shape index (κ2) is 6.34. The van der Waals surface area contributed by atoms with Crippen molar-refractivity contribution in [2.24, 2.45) is 0 Å². The van der Waals surface area contributed by atoms with Crippen LogP contribution in [0.4, 0.5) is 0 Å². The van der Waals surface area contributed by atoms with Gasteiger partial charge in [0.05, 0.1) is 5.60 Å². The fourth-order valence-corrected chi connectivity index (χ4v) is 2.25. The third-order valence-electron chi connectivity index (χ3n) is 2.57. The van der Waals surface area contributed by atoms with Gasteiger partial charge in [0, 0.05) is 24.5 Å². The van der Waals surface area contributed by atoms with Crippen molar-refractivity contribution in [3.8, 4) is 0 Å². The van der Waals surface area contributed by atoms with Crippen LogP contribution in [0.1, 0.15) is 25.8 Å². The summed E-state index contributed by atoms with van der Waals surface area (Å²) in [4.78, 5) is 13.5. The van der Waals surface area contributed by atoms with Crippen LogP contribution in [0.2, 0.25) is 0 Å². The molecule has 1 rings (SSSR count). The van der Waals surface area contributed by atoms with Crippen LogP contribution in [0.15, 0.2) is 28.7 Å². The molecule has 0 saturated heterocycles. The van der Waals surface area contributed by atoms with E-state index < -0.39 is 5.60 Å². The molecule has 18 heavy (non-hydrogen) atoms. The Hall–Kier alpha value is -0.870. The maximum Gasteiger partial charge on any atom is 0.222 e. The minimum absolute atomic E-state index is 0.0529. The monoisotopic (exact) mass is 313 g/mol. The summed E-state index contributed by atoms with van der Waals surface area (Å²) in [6.07, 6.45) is 1.18. The number of aliphatic hydroxyl groups is 1. The fraction of sp³-hybridized carbons (Fsp3) is 0.500. The molecule has 0 aliphatic rings. The van der Waals surface area contributed by atoms with Crippen LogP contribution in [0.3, 0.4) is 0 Å². The van der Waals surface area contributed by atoms with E-state index >= 15 is 0 Å². The van der Waals surface area contributed by atoms with Crippen molar-refractivity contribution in [3.63, 3.8) is 0 Å². The molecule has 0 aliphatic carbocycles. The Kier molecular flexibility index (Phi) is 5.35. The Morgan fingerprint density at radius 1 is 1.44 bits per heavy atom. The zero-order valence-corrected chi connectivity index (χ0v) is 12.7. The summed E-state index contributed by atoms with van der Waals surface area (Å²) in [6, 6.07) is 7.95. The van der Waals surface area contributed by atoms with Crippen LogP contribution in [0.25, 0.3) is 0 Å². The highest BCUT2D eigenvalue weighted by Crippen LogP contribution is 2.13. The maximum absolute atomic E-state index is 11.9. The van der Waals surface area contributed by atoms with Gasteiger partial charge in [-0.05, 0) is 38.0 Å². The highest BCUT2D eigenvalue weighted by Gasteiger charge is 2.18. The quantitative estimate of drug-likeness (QED) is 0.907. The number of nitrogens with zero attached hydrogens (tertiary/aromatic N) is 1. The summed E-state index contributed by atoms with van der Waals surface area (Å²) in [5, 5.41) is 9.66. The van der Waals surface area contributed by atoms with Gasteiger partial charge in [0.1, 0.15) is 0 Å². The van der Waals surface area contributed by atoms with Crippen molar-refractivity contribution in [1.29, 1.82) is 0 Å². The Balaban J connectivity index is 2.46. The third kappa shape index (κ3) is 5.65. The molecule has 0 bridgehead atoms. The average Bonchev–Trinajstić information content (AvgIpc) is 2.23. The van der Waals surface area contributed by atoms with Gasteiger partial charge in [-0.2, -0.15) is 0 Å².